The molecule has 0 saturated carbocycles. The quantitative estimate of drug-likeness (QED) is 0.652. The molecule has 1 fully saturated rings. The van der Waals surface area contributed by atoms with Crippen LogP contribution >= 0.6 is 0 Å². The molecule has 1 saturated heterocycles. The lowest BCUT2D eigenvalue weighted by Crippen LogP contribution is -2.46. The number of ether oxygens (including phenoxy) is 1. The maximum atomic E-state index is 12.5. The number of carbonyl (C=O) groups is 3. The summed E-state index contributed by atoms with van der Waals surface area (Å²) in [6.07, 6.45) is 2.92. The fourth-order valence-corrected chi connectivity index (χ4v) is 3.64. The monoisotopic (exact) mass is 427 g/mol. The maximum Gasteiger partial charge on any atom is 0.343 e. The first-order valence-electron chi connectivity index (χ1n) is 10.5. The van der Waals surface area contributed by atoms with Gasteiger partial charge in [0, 0.05) is 31.7 Å². The van der Waals surface area contributed by atoms with E-state index < -0.39 is 5.97 Å². The largest absolute Gasteiger partial charge is 0.462 e. The second kappa shape index (κ2) is 10.2. The molecule has 0 bridgehead atoms. The Labute approximate surface area is 181 Å². The first-order valence-corrected chi connectivity index (χ1v) is 10.5. The summed E-state index contributed by atoms with van der Waals surface area (Å²) in [5.74, 6) is -0.478. The number of anilines is 1. The Morgan fingerprint density at radius 3 is 2.55 bits per heavy atom. The van der Waals surface area contributed by atoms with Crippen molar-refractivity contribution in [1.29, 1.82) is 0 Å². The van der Waals surface area contributed by atoms with Gasteiger partial charge in [-0.2, -0.15) is 5.10 Å². The number of hydrogen-bond acceptors (Lipinski definition) is 6. The van der Waals surface area contributed by atoms with E-state index >= 15 is 0 Å². The first-order chi connectivity index (χ1) is 14.9. The summed E-state index contributed by atoms with van der Waals surface area (Å²) in [7, 11) is 1.65. The topological polar surface area (TPSA) is 106 Å². The van der Waals surface area contributed by atoms with E-state index in [9.17, 15) is 14.4 Å². The Morgan fingerprint density at radius 2 is 1.87 bits per heavy atom. The highest BCUT2D eigenvalue weighted by molar-refractivity contribution is 6.00. The Hall–Kier alpha value is -3.20. The van der Waals surface area contributed by atoms with Gasteiger partial charge in [0.15, 0.2) is 0 Å². The number of nitrogens with zero attached hydrogens (tertiary/aromatic N) is 3. The third kappa shape index (κ3) is 5.69. The predicted octanol–water partition coefficient (Wildman–Crippen LogP) is 1.74. The van der Waals surface area contributed by atoms with Crippen LogP contribution in [0.1, 0.15) is 46.0 Å². The van der Waals surface area contributed by atoms with Crippen LogP contribution in [-0.2, 0) is 16.6 Å². The van der Waals surface area contributed by atoms with Crippen LogP contribution in [-0.4, -0.2) is 64.7 Å². The van der Waals surface area contributed by atoms with Crippen molar-refractivity contribution in [3.05, 3.63) is 47.2 Å². The Bertz CT molecular complexity index is 947. The number of amides is 2. The van der Waals surface area contributed by atoms with Crippen molar-refractivity contribution in [2.24, 2.45) is 7.05 Å². The molecule has 2 heterocycles. The van der Waals surface area contributed by atoms with Gasteiger partial charge >= 0.3 is 5.97 Å². The number of aryl methyl sites for hydroxylation is 2. The maximum absolute atomic E-state index is 12.5. The van der Waals surface area contributed by atoms with Crippen LogP contribution in [0.3, 0.4) is 0 Å². The highest BCUT2D eigenvalue weighted by Gasteiger charge is 2.24. The number of likely N-dealkylation sites (tertiary alicyclic amines) is 1. The van der Waals surface area contributed by atoms with Gasteiger partial charge in [0.05, 0.1) is 19.3 Å². The summed E-state index contributed by atoms with van der Waals surface area (Å²) in [4.78, 5) is 39.1. The fourth-order valence-electron chi connectivity index (χ4n) is 3.64. The van der Waals surface area contributed by atoms with Crippen molar-refractivity contribution in [1.82, 2.24) is 20.0 Å². The summed E-state index contributed by atoms with van der Waals surface area (Å²) in [6, 6.07) is 7.60. The van der Waals surface area contributed by atoms with Crippen LogP contribution in [0.15, 0.2) is 30.5 Å². The van der Waals surface area contributed by atoms with Crippen molar-refractivity contribution < 1.29 is 19.1 Å². The van der Waals surface area contributed by atoms with Gasteiger partial charge in [-0.3, -0.25) is 19.2 Å². The molecule has 31 heavy (non-hydrogen) atoms. The summed E-state index contributed by atoms with van der Waals surface area (Å²) in [6.45, 7) is 5.48. The summed E-state index contributed by atoms with van der Waals surface area (Å²) >= 11 is 0. The number of piperidine rings is 1. The number of aromatic nitrogens is 2. The summed E-state index contributed by atoms with van der Waals surface area (Å²) in [5.41, 5.74) is 1.87. The van der Waals surface area contributed by atoms with Gasteiger partial charge in [0.1, 0.15) is 11.4 Å². The zero-order chi connectivity index (χ0) is 22.4. The number of rotatable bonds is 7. The van der Waals surface area contributed by atoms with Crippen molar-refractivity contribution in [2.45, 2.75) is 32.7 Å². The van der Waals surface area contributed by atoms with Crippen LogP contribution in [0.2, 0.25) is 0 Å². The van der Waals surface area contributed by atoms with Gasteiger partial charge in [-0.25, -0.2) is 4.79 Å². The van der Waals surface area contributed by atoms with Gasteiger partial charge in [-0.15, -0.1) is 0 Å². The van der Waals surface area contributed by atoms with E-state index in [0.29, 0.717) is 24.5 Å². The number of benzene rings is 1. The number of esters is 1. The van der Waals surface area contributed by atoms with Crippen molar-refractivity contribution >= 4 is 23.6 Å². The number of nitrogens with one attached hydrogen (secondary N) is 2. The highest BCUT2D eigenvalue weighted by atomic mass is 16.5. The minimum absolute atomic E-state index is 0.0583. The molecule has 166 valence electrons. The van der Waals surface area contributed by atoms with Gasteiger partial charge < -0.3 is 15.4 Å². The molecule has 0 aliphatic carbocycles. The normalized spacial score (nSPS) is 14.8. The third-order valence-corrected chi connectivity index (χ3v) is 5.37. The number of hydrogen-bond donors (Lipinski definition) is 2. The molecule has 1 aromatic heterocycles. The molecule has 9 nitrogen and oxygen atoms in total. The fraction of sp³-hybridized carbons (Fsp3) is 0.455. The smallest absolute Gasteiger partial charge is 0.343 e. The lowest BCUT2D eigenvalue weighted by atomic mass is 10.0. The summed E-state index contributed by atoms with van der Waals surface area (Å²) < 4.78 is 6.45. The molecule has 0 unspecified atom stereocenters. The van der Waals surface area contributed by atoms with E-state index in [1.165, 1.54) is 10.9 Å². The van der Waals surface area contributed by atoms with Crippen LogP contribution in [0, 0.1) is 6.92 Å². The van der Waals surface area contributed by atoms with E-state index in [1.54, 1.807) is 14.0 Å². The molecule has 0 spiro atoms. The first kappa shape index (κ1) is 22.5. The van der Waals surface area contributed by atoms with Crippen molar-refractivity contribution in [3.63, 3.8) is 0 Å². The number of carbonyl (C=O) groups excluding carboxylic acids is 3. The molecule has 2 N–H and O–H groups in total. The second-order valence-electron chi connectivity index (χ2n) is 7.64. The molecule has 2 amide bonds. The zero-order valence-corrected chi connectivity index (χ0v) is 18.2. The molecular formula is C22H29N5O4. The van der Waals surface area contributed by atoms with E-state index in [-0.39, 0.29) is 36.6 Å². The standard InChI is InChI=1S/C22H29N5O4/c1-4-31-22(30)18-13-23-26(3)20(18)25-19(28)14-27-11-9-16(10-12-27)24-21(29)17-8-6-5-7-15(17)2/h5-8,13,16H,4,9-12,14H2,1-3H3,(H,24,29)(H,25,28). The van der Waals surface area contributed by atoms with E-state index in [0.717, 1.165) is 18.4 Å². The third-order valence-electron chi connectivity index (χ3n) is 5.37. The zero-order valence-electron chi connectivity index (χ0n) is 18.2. The van der Waals surface area contributed by atoms with Crippen molar-refractivity contribution in [3.8, 4) is 0 Å². The molecule has 1 aromatic carbocycles. The molecule has 9 heteroatoms. The van der Waals surface area contributed by atoms with Gasteiger partial charge in [-0.05, 0) is 38.3 Å². The molecule has 0 atom stereocenters. The predicted molar refractivity (Wildman–Crippen MR) is 116 cm³/mol. The molecule has 2 aromatic rings. The van der Waals surface area contributed by atoms with Gasteiger partial charge in [0.2, 0.25) is 5.91 Å². The Morgan fingerprint density at radius 1 is 1.16 bits per heavy atom. The van der Waals surface area contributed by atoms with Crippen LogP contribution in [0.25, 0.3) is 0 Å². The lowest BCUT2D eigenvalue weighted by molar-refractivity contribution is -0.117. The van der Waals surface area contributed by atoms with E-state index in [1.807, 2.05) is 36.1 Å². The van der Waals surface area contributed by atoms with E-state index in [2.05, 4.69) is 15.7 Å². The van der Waals surface area contributed by atoms with Gasteiger partial charge in [0.25, 0.3) is 5.91 Å². The minimum Gasteiger partial charge on any atom is -0.462 e. The summed E-state index contributed by atoms with van der Waals surface area (Å²) in [5, 5.41) is 9.90. The molecule has 1 aliphatic heterocycles. The van der Waals surface area contributed by atoms with Crippen LogP contribution in [0.5, 0.6) is 0 Å². The SMILES string of the molecule is CCOC(=O)c1cnn(C)c1NC(=O)CN1CCC(NC(=O)c2ccccc2C)CC1. The van der Waals surface area contributed by atoms with Gasteiger partial charge in [-0.1, -0.05) is 18.2 Å². The van der Waals surface area contributed by atoms with Crippen LogP contribution < -0.4 is 10.6 Å². The molecular weight excluding hydrogens is 398 g/mol. The van der Waals surface area contributed by atoms with Crippen molar-refractivity contribution in [2.75, 3.05) is 31.6 Å². The minimum atomic E-state index is -0.517. The Kier molecular flexibility index (Phi) is 7.41. The van der Waals surface area contributed by atoms with E-state index in [4.69, 9.17) is 4.74 Å². The van der Waals surface area contributed by atoms with Crippen LogP contribution in [0.4, 0.5) is 5.82 Å². The molecule has 1 aliphatic rings. The Balaban J connectivity index is 1.49. The average molecular weight is 428 g/mol. The molecule has 3 rings (SSSR count). The second-order valence-corrected chi connectivity index (χ2v) is 7.64. The lowest BCUT2D eigenvalue weighted by Gasteiger charge is -2.32. The molecule has 0 radical (unpaired) electrons. The highest BCUT2D eigenvalue weighted by Crippen LogP contribution is 2.17. The average Bonchev–Trinajstić information content (AvgIpc) is 3.10.